The number of halogens is 1. The maximum Gasteiger partial charge on any atom is 0.187 e. The van der Waals surface area contributed by atoms with Gasteiger partial charge in [0.25, 0.3) is 0 Å². The van der Waals surface area contributed by atoms with Gasteiger partial charge >= 0.3 is 0 Å². The van der Waals surface area contributed by atoms with Gasteiger partial charge in [0.05, 0.1) is 19.4 Å². The summed E-state index contributed by atoms with van der Waals surface area (Å²) in [6, 6.07) is 9.44. The van der Waals surface area contributed by atoms with Crippen LogP contribution in [0.3, 0.4) is 0 Å². The standard InChI is InChI=1S/C22H23ClN4O/c1-3-26-10-4-5-16(13-26)14-28-21-11-19(17-6-8-18(24-2)9-7-17)22(23)27-15-25-12-20(21)27/h6-9,11-12,15-16H,3-5,10,13-14H2,1H3/t16-/m1/s1. The van der Waals surface area contributed by atoms with Crippen LogP contribution in [0.25, 0.3) is 21.5 Å². The van der Waals surface area contributed by atoms with Gasteiger partial charge in [0.15, 0.2) is 5.69 Å². The number of hydrogen-bond acceptors (Lipinski definition) is 3. The molecule has 28 heavy (non-hydrogen) atoms. The summed E-state index contributed by atoms with van der Waals surface area (Å²) in [6.45, 7) is 13.4. The molecule has 5 nitrogen and oxygen atoms in total. The summed E-state index contributed by atoms with van der Waals surface area (Å²) < 4.78 is 8.13. The Morgan fingerprint density at radius 1 is 1.32 bits per heavy atom. The first-order valence-electron chi connectivity index (χ1n) is 9.67. The Balaban J connectivity index is 1.63. The number of imidazole rings is 1. The number of pyridine rings is 1. The summed E-state index contributed by atoms with van der Waals surface area (Å²) in [5.74, 6) is 1.33. The number of ether oxygens (including phenoxy) is 1. The van der Waals surface area contributed by atoms with E-state index in [1.54, 1.807) is 24.7 Å². The summed E-state index contributed by atoms with van der Waals surface area (Å²) in [5, 5.41) is 0.588. The van der Waals surface area contributed by atoms with E-state index in [1.807, 2.05) is 22.6 Å². The Kier molecular flexibility index (Phi) is 5.52. The molecule has 1 aromatic carbocycles. The van der Waals surface area contributed by atoms with Crippen LogP contribution >= 0.6 is 11.6 Å². The maximum absolute atomic E-state index is 7.13. The van der Waals surface area contributed by atoms with Gasteiger partial charge in [0.1, 0.15) is 22.7 Å². The molecule has 1 aliphatic rings. The molecule has 4 rings (SSSR count). The predicted molar refractivity (Wildman–Crippen MR) is 112 cm³/mol. The van der Waals surface area contributed by atoms with Gasteiger partial charge in [0, 0.05) is 18.0 Å². The van der Waals surface area contributed by atoms with Gasteiger partial charge in [-0.05, 0) is 37.6 Å². The molecule has 0 unspecified atom stereocenters. The average molecular weight is 395 g/mol. The van der Waals surface area contributed by atoms with Crippen LogP contribution in [0.4, 0.5) is 5.69 Å². The third-order valence-electron chi connectivity index (χ3n) is 5.43. The fraction of sp³-hybridized carbons (Fsp3) is 0.364. The van der Waals surface area contributed by atoms with E-state index in [0.29, 0.717) is 23.4 Å². The largest absolute Gasteiger partial charge is 0.491 e. The minimum atomic E-state index is 0.536. The summed E-state index contributed by atoms with van der Waals surface area (Å²) in [7, 11) is 0. The monoisotopic (exact) mass is 394 g/mol. The molecule has 144 valence electrons. The highest BCUT2D eigenvalue weighted by Gasteiger charge is 2.20. The number of rotatable bonds is 5. The Morgan fingerprint density at radius 2 is 2.14 bits per heavy atom. The molecule has 1 fully saturated rings. The van der Waals surface area contributed by atoms with E-state index < -0.39 is 0 Å². The second kappa shape index (κ2) is 8.22. The fourth-order valence-corrected chi connectivity index (χ4v) is 4.14. The van der Waals surface area contributed by atoms with Crippen LogP contribution in [0.5, 0.6) is 5.75 Å². The molecule has 1 saturated heterocycles. The number of likely N-dealkylation sites (tertiary alicyclic amines) is 1. The van der Waals surface area contributed by atoms with E-state index in [-0.39, 0.29) is 0 Å². The lowest BCUT2D eigenvalue weighted by atomic mass is 9.99. The topological polar surface area (TPSA) is 34.1 Å². The molecule has 2 aromatic heterocycles. The molecule has 0 bridgehead atoms. The minimum Gasteiger partial charge on any atom is -0.491 e. The number of benzene rings is 1. The van der Waals surface area contributed by atoms with Crippen molar-refractivity contribution in [3.63, 3.8) is 0 Å². The highest BCUT2D eigenvalue weighted by atomic mass is 35.5. The van der Waals surface area contributed by atoms with Gasteiger partial charge in [0.2, 0.25) is 0 Å². The SMILES string of the molecule is [C-]#[N+]c1ccc(-c2cc(OC[C@@H]3CCCN(CC)C3)c3cncn3c2Cl)cc1. The second-order valence-corrected chi connectivity index (χ2v) is 7.59. The van der Waals surface area contributed by atoms with E-state index in [1.165, 1.54) is 19.4 Å². The number of nitrogens with zero attached hydrogens (tertiary/aromatic N) is 4. The number of fused-ring (bicyclic) bond motifs is 1. The maximum atomic E-state index is 7.13. The van der Waals surface area contributed by atoms with Crippen LogP contribution in [-0.2, 0) is 0 Å². The zero-order valence-electron chi connectivity index (χ0n) is 15.9. The predicted octanol–water partition coefficient (Wildman–Crippen LogP) is 5.32. The van der Waals surface area contributed by atoms with Gasteiger partial charge in [-0.15, -0.1) is 0 Å². The van der Waals surface area contributed by atoms with Crippen LogP contribution < -0.4 is 4.74 Å². The molecule has 0 spiro atoms. The summed E-state index contributed by atoms with van der Waals surface area (Å²) >= 11 is 6.65. The molecular weight excluding hydrogens is 372 g/mol. The molecule has 0 amide bonds. The highest BCUT2D eigenvalue weighted by Crippen LogP contribution is 2.35. The molecule has 1 aliphatic heterocycles. The van der Waals surface area contributed by atoms with E-state index in [9.17, 15) is 0 Å². The first-order valence-corrected chi connectivity index (χ1v) is 10.0. The Labute approximate surface area is 170 Å². The molecular formula is C22H23ClN4O. The zero-order valence-corrected chi connectivity index (χ0v) is 16.7. The van der Waals surface area contributed by atoms with Crippen molar-refractivity contribution >= 4 is 22.8 Å². The van der Waals surface area contributed by atoms with Crippen LogP contribution in [0, 0.1) is 12.5 Å². The van der Waals surface area contributed by atoms with Gasteiger partial charge < -0.3 is 9.64 Å². The van der Waals surface area contributed by atoms with Crippen molar-refractivity contribution in [2.75, 3.05) is 26.2 Å². The quantitative estimate of drug-likeness (QED) is 0.434. The van der Waals surface area contributed by atoms with Crippen LogP contribution in [0.1, 0.15) is 19.8 Å². The fourth-order valence-electron chi connectivity index (χ4n) is 3.84. The molecule has 0 aliphatic carbocycles. The molecule has 0 N–H and O–H groups in total. The van der Waals surface area contributed by atoms with Crippen molar-refractivity contribution < 1.29 is 4.74 Å². The number of piperidine rings is 1. The van der Waals surface area contributed by atoms with Crippen LogP contribution in [0.2, 0.25) is 5.15 Å². The smallest absolute Gasteiger partial charge is 0.187 e. The molecule has 0 saturated carbocycles. The van der Waals surface area contributed by atoms with E-state index >= 15 is 0 Å². The van der Waals surface area contributed by atoms with Crippen molar-refractivity contribution in [1.29, 1.82) is 0 Å². The Bertz CT molecular complexity index is 1010. The molecule has 1 atom stereocenters. The molecule has 0 radical (unpaired) electrons. The highest BCUT2D eigenvalue weighted by molar-refractivity contribution is 6.32. The third-order valence-corrected chi connectivity index (χ3v) is 5.82. The normalized spacial score (nSPS) is 17.5. The van der Waals surface area contributed by atoms with E-state index in [4.69, 9.17) is 22.9 Å². The lowest BCUT2D eigenvalue weighted by Crippen LogP contribution is -2.37. The first kappa shape index (κ1) is 18.8. The van der Waals surface area contributed by atoms with Gasteiger partial charge in [-0.3, -0.25) is 4.40 Å². The van der Waals surface area contributed by atoms with Crippen molar-refractivity contribution in [3.05, 3.63) is 59.4 Å². The van der Waals surface area contributed by atoms with Crippen molar-refractivity contribution in [2.24, 2.45) is 5.92 Å². The summed E-state index contributed by atoms with van der Waals surface area (Å²) in [5.41, 5.74) is 3.30. The van der Waals surface area contributed by atoms with Crippen molar-refractivity contribution in [1.82, 2.24) is 14.3 Å². The van der Waals surface area contributed by atoms with Crippen molar-refractivity contribution in [2.45, 2.75) is 19.8 Å². The van der Waals surface area contributed by atoms with Crippen LogP contribution in [-0.4, -0.2) is 40.5 Å². The Morgan fingerprint density at radius 3 is 2.89 bits per heavy atom. The van der Waals surface area contributed by atoms with Gasteiger partial charge in [-0.25, -0.2) is 9.83 Å². The van der Waals surface area contributed by atoms with E-state index in [0.717, 1.165) is 35.5 Å². The first-order chi connectivity index (χ1) is 13.7. The summed E-state index contributed by atoms with van der Waals surface area (Å²) in [4.78, 5) is 10.2. The van der Waals surface area contributed by atoms with Gasteiger partial charge in [-0.2, -0.15) is 0 Å². The Hall–Kier alpha value is -2.55. The molecule has 6 heteroatoms. The lowest BCUT2D eigenvalue weighted by molar-refractivity contribution is 0.135. The third kappa shape index (κ3) is 3.71. The number of aromatic nitrogens is 2. The van der Waals surface area contributed by atoms with E-state index in [2.05, 4.69) is 21.7 Å². The van der Waals surface area contributed by atoms with Crippen LogP contribution in [0.15, 0.2) is 42.9 Å². The second-order valence-electron chi connectivity index (χ2n) is 7.23. The lowest BCUT2D eigenvalue weighted by Gasteiger charge is -2.31. The molecule has 3 aromatic rings. The zero-order chi connectivity index (χ0) is 19.5. The number of hydrogen-bond donors (Lipinski definition) is 0. The van der Waals surface area contributed by atoms with Crippen molar-refractivity contribution in [3.8, 4) is 16.9 Å². The minimum absolute atomic E-state index is 0.536. The average Bonchev–Trinajstić information content (AvgIpc) is 3.24. The summed E-state index contributed by atoms with van der Waals surface area (Å²) in [6.07, 6.45) is 5.92. The molecule has 3 heterocycles. The van der Waals surface area contributed by atoms with Gasteiger partial charge in [-0.1, -0.05) is 42.8 Å².